The summed E-state index contributed by atoms with van der Waals surface area (Å²) in [6, 6.07) is 0. The van der Waals surface area contributed by atoms with Crippen LogP contribution in [-0.4, -0.2) is 67.8 Å². The van der Waals surface area contributed by atoms with Gasteiger partial charge in [0.25, 0.3) is 0 Å². The molecule has 0 aliphatic carbocycles. The van der Waals surface area contributed by atoms with Crippen LogP contribution in [0.25, 0.3) is 0 Å². The second kappa shape index (κ2) is 11.3. The molecule has 1 saturated heterocycles. The van der Waals surface area contributed by atoms with Gasteiger partial charge in [0.15, 0.2) is 5.96 Å². The van der Waals surface area contributed by atoms with E-state index in [-0.39, 0.29) is 29.5 Å². The normalized spacial score (nSPS) is 16.4. The van der Waals surface area contributed by atoms with Crippen LogP contribution in [0.5, 0.6) is 0 Å². The van der Waals surface area contributed by atoms with E-state index in [9.17, 15) is 0 Å². The van der Waals surface area contributed by atoms with Gasteiger partial charge >= 0.3 is 0 Å². The number of thiazole rings is 1. The topological polar surface area (TPSA) is 61.8 Å². The molecule has 1 aliphatic rings. The number of hydrogen-bond donors (Lipinski definition) is 2. The number of aliphatic imine (C=N–C) groups is 1. The van der Waals surface area contributed by atoms with Gasteiger partial charge in [-0.15, -0.1) is 35.3 Å². The van der Waals surface area contributed by atoms with Crippen molar-refractivity contribution in [1.82, 2.24) is 20.5 Å². The van der Waals surface area contributed by atoms with Gasteiger partial charge < -0.3 is 15.4 Å². The van der Waals surface area contributed by atoms with Crippen LogP contribution in [0.4, 0.5) is 0 Å². The second-order valence-electron chi connectivity index (χ2n) is 6.59. The Labute approximate surface area is 172 Å². The first-order chi connectivity index (χ1) is 11.5. The number of aryl methyl sites for hydroxylation is 1. The Balaban J connectivity index is 0.00000312. The van der Waals surface area contributed by atoms with E-state index in [1.807, 2.05) is 13.2 Å². The second-order valence-corrected chi connectivity index (χ2v) is 7.79. The number of aromatic nitrogens is 1. The van der Waals surface area contributed by atoms with Gasteiger partial charge in [0, 0.05) is 56.3 Å². The molecule has 2 N–H and O–H groups in total. The quantitative estimate of drug-likeness (QED) is 0.355. The molecule has 0 atom stereocenters. The molecule has 8 heteroatoms. The molecular weight excluding hydrogens is 449 g/mol. The van der Waals surface area contributed by atoms with E-state index in [0.29, 0.717) is 0 Å². The molecule has 0 amide bonds. The minimum absolute atomic E-state index is 0. The summed E-state index contributed by atoms with van der Waals surface area (Å²) in [6.07, 6.45) is 3.97. The van der Waals surface area contributed by atoms with Crippen molar-refractivity contribution in [2.24, 2.45) is 4.99 Å². The maximum atomic E-state index is 5.44. The van der Waals surface area contributed by atoms with Crippen LogP contribution in [-0.2, 0) is 17.6 Å². The molecule has 0 radical (unpaired) electrons. The Morgan fingerprint density at radius 1 is 1.36 bits per heavy atom. The number of guanidine groups is 1. The van der Waals surface area contributed by atoms with Crippen molar-refractivity contribution < 1.29 is 4.74 Å². The van der Waals surface area contributed by atoms with Crippen LogP contribution in [0, 0.1) is 0 Å². The zero-order valence-electron chi connectivity index (χ0n) is 15.8. The molecule has 1 fully saturated rings. The molecule has 2 heterocycles. The summed E-state index contributed by atoms with van der Waals surface area (Å²) in [6.45, 7) is 12.0. The Kier molecular flexibility index (Phi) is 10.2. The van der Waals surface area contributed by atoms with Crippen molar-refractivity contribution in [1.29, 1.82) is 0 Å². The van der Waals surface area contributed by atoms with Crippen molar-refractivity contribution in [3.05, 3.63) is 16.1 Å². The van der Waals surface area contributed by atoms with E-state index in [1.54, 1.807) is 11.3 Å². The predicted octanol–water partition coefficient (Wildman–Crippen LogP) is 2.14. The van der Waals surface area contributed by atoms with Crippen molar-refractivity contribution in [3.8, 4) is 0 Å². The van der Waals surface area contributed by atoms with Gasteiger partial charge in [-0.1, -0.05) is 6.92 Å². The molecule has 1 aromatic heterocycles. The van der Waals surface area contributed by atoms with Gasteiger partial charge in [0.1, 0.15) is 0 Å². The number of rotatable bonds is 7. The molecule has 0 aromatic carbocycles. The van der Waals surface area contributed by atoms with Gasteiger partial charge in [-0.3, -0.25) is 9.89 Å². The van der Waals surface area contributed by atoms with Crippen LogP contribution in [0.3, 0.4) is 0 Å². The molecule has 1 aliphatic heterocycles. The van der Waals surface area contributed by atoms with Gasteiger partial charge in [-0.25, -0.2) is 4.98 Å². The minimum atomic E-state index is 0. The Bertz CT molecular complexity index is 529. The number of nitrogens with zero attached hydrogens (tertiary/aromatic N) is 3. The van der Waals surface area contributed by atoms with Crippen molar-refractivity contribution >= 4 is 41.3 Å². The summed E-state index contributed by atoms with van der Waals surface area (Å²) in [4.78, 5) is 12.6. The Hall–Kier alpha value is -0.450. The van der Waals surface area contributed by atoms with Gasteiger partial charge in [-0.2, -0.15) is 0 Å². The number of ether oxygens (including phenoxy) is 1. The number of nitrogens with one attached hydrogen (secondary N) is 2. The lowest BCUT2D eigenvalue weighted by Gasteiger charge is -2.41. The summed E-state index contributed by atoms with van der Waals surface area (Å²) in [5, 5.41) is 8.02. The van der Waals surface area contributed by atoms with E-state index in [4.69, 9.17) is 4.74 Å². The Morgan fingerprint density at radius 3 is 2.68 bits per heavy atom. The van der Waals surface area contributed by atoms with Crippen LogP contribution in [0.15, 0.2) is 11.2 Å². The molecule has 25 heavy (non-hydrogen) atoms. The average molecular weight is 481 g/mol. The summed E-state index contributed by atoms with van der Waals surface area (Å²) >= 11 is 1.80. The van der Waals surface area contributed by atoms with Crippen molar-refractivity contribution in [2.45, 2.75) is 39.2 Å². The first-order valence-corrected chi connectivity index (χ1v) is 9.57. The van der Waals surface area contributed by atoms with E-state index in [1.165, 1.54) is 9.88 Å². The fourth-order valence-electron chi connectivity index (χ4n) is 2.72. The molecule has 2 rings (SSSR count). The van der Waals surface area contributed by atoms with E-state index in [0.717, 1.165) is 58.2 Å². The Morgan fingerprint density at radius 2 is 2.08 bits per heavy atom. The third-order valence-corrected chi connectivity index (χ3v) is 5.56. The lowest BCUT2D eigenvalue weighted by atomic mass is 10.0. The fourth-order valence-corrected chi connectivity index (χ4v) is 3.58. The first-order valence-electron chi connectivity index (χ1n) is 8.76. The smallest absolute Gasteiger partial charge is 0.191 e. The first kappa shape index (κ1) is 22.6. The van der Waals surface area contributed by atoms with Gasteiger partial charge in [-0.05, 0) is 20.3 Å². The van der Waals surface area contributed by atoms with Gasteiger partial charge in [0.2, 0.25) is 0 Å². The predicted molar refractivity (Wildman–Crippen MR) is 116 cm³/mol. The van der Waals surface area contributed by atoms with Crippen molar-refractivity contribution in [2.75, 3.05) is 46.4 Å². The van der Waals surface area contributed by atoms with Crippen LogP contribution < -0.4 is 10.6 Å². The standard InChI is InChI=1S/C17H31N5OS.HI/c1-5-14-12-20-15(24-14)6-7-19-16(18-4)21-13-17(2,3)22-8-10-23-11-9-22;/h12H,5-11,13H2,1-4H3,(H2,18,19,21);1H. The highest BCUT2D eigenvalue weighted by molar-refractivity contribution is 14.0. The fraction of sp³-hybridized carbons (Fsp3) is 0.765. The summed E-state index contributed by atoms with van der Waals surface area (Å²) in [5.74, 6) is 0.851. The monoisotopic (exact) mass is 481 g/mol. The number of halogens is 1. The largest absolute Gasteiger partial charge is 0.379 e. The third-order valence-electron chi connectivity index (χ3n) is 4.36. The molecule has 1 aromatic rings. The lowest BCUT2D eigenvalue weighted by Crippen LogP contribution is -2.56. The summed E-state index contributed by atoms with van der Waals surface area (Å²) in [5.41, 5.74) is 0.0761. The van der Waals surface area contributed by atoms with Crippen LogP contribution >= 0.6 is 35.3 Å². The number of morpholine rings is 1. The lowest BCUT2D eigenvalue weighted by molar-refractivity contribution is -0.00833. The average Bonchev–Trinajstić information content (AvgIpc) is 3.06. The number of hydrogen-bond acceptors (Lipinski definition) is 5. The maximum absolute atomic E-state index is 5.44. The van der Waals surface area contributed by atoms with Crippen molar-refractivity contribution in [3.63, 3.8) is 0 Å². The third kappa shape index (κ3) is 7.36. The van der Waals surface area contributed by atoms with E-state index >= 15 is 0 Å². The summed E-state index contributed by atoms with van der Waals surface area (Å²) < 4.78 is 5.44. The molecular formula is C17H32IN5OS. The molecule has 0 saturated carbocycles. The SMILES string of the molecule is CCc1cnc(CCNC(=NC)NCC(C)(C)N2CCOCC2)s1.I. The van der Waals surface area contributed by atoms with E-state index in [2.05, 4.69) is 46.3 Å². The van der Waals surface area contributed by atoms with Gasteiger partial charge in [0.05, 0.1) is 18.2 Å². The van der Waals surface area contributed by atoms with Crippen LogP contribution in [0.2, 0.25) is 0 Å². The zero-order chi connectivity index (χ0) is 17.4. The molecule has 0 bridgehead atoms. The molecule has 144 valence electrons. The molecule has 0 unspecified atom stereocenters. The minimum Gasteiger partial charge on any atom is -0.379 e. The van der Waals surface area contributed by atoms with Crippen LogP contribution in [0.1, 0.15) is 30.7 Å². The maximum Gasteiger partial charge on any atom is 0.191 e. The molecule has 0 spiro atoms. The molecule has 6 nitrogen and oxygen atoms in total. The summed E-state index contributed by atoms with van der Waals surface area (Å²) in [7, 11) is 1.82. The highest BCUT2D eigenvalue weighted by Gasteiger charge is 2.28. The zero-order valence-corrected chi connectivity index (χ0v) is 18.9. The van der Waals surface area contributed by atoms with E-state index < -0.39 is 0 Å². The highest BCUT2D eigenvalue weighted by Crippen LogP contribution is 2.15. The highest BCUT2D eigenvalue weighted by atomic mass is 127.